The Labute approximate surface area is 172 Å². The Bertz CT molecular complexity index is 888. The molecule has 0 N–H and O–H groups in total. The molecule has 5 nitrogen and oxygen atoms in total. The Hall–Kier alpha value is -2.82. The lowest BCUT2D eigenvalue weighted by Crippen LogP contribution is -2.51. The van der Waals surface area contributed by atoms with Crippen LogP contribution in [-0.2, 0) is 9.59 Å². The van der Waals surface area contributed by atoms with Crippen LogP contribution < -0.4 is 4.90 Å². The van der Waals surface area contributed by atoms with E-state index in [0.29, 0.717) is 26.1 Å². The third-order valence-corrected chi connectivity index (χ3v) is 6.15. The normalized spacial score (nSPS) is 19.7. The Balaban J connectivity index is 1.32. The van der Waals surface area contributed by atoms with Gasteiger partial charge in [0, 0.05) is 50.7 Å². The molecule has 2 amide bonds. The topological polar surface area (TPSA) is 43.9 Å². The summed E-state index contributed by atoms with van der Waals surface area (Å²) in [5.41, 5.74) is 4.96. The number of benzene rings is 2. The number of amides is 2. The lowest BCUT2D eigenvalue weighted by Gasteiger charge is -2.37. The Morgan fingerprint density at radius 3 is 2.45 bits per heavy atom. The van der Waals surface area contributed by atoms with Gasteiger partial charge in [-0.2, -0.15) is 0 Å². The molecule has 0 saturated carbocycles. The SMILES string of the molecule is Cc1ccc(C)c(N2CCN(C(=O)CN3C[C@@H](c4ccccc4)CC3=O)CC2)c1. The minimum atomic E-state index is 0.0627. The van der Waals surface area contributed by atoms with Crippen LogP contribution >= 0.6 is 0 Å². The smallest absolute Gasteiger partial charge is 0.242 e. The van der Waals surface area contributed by atoms with Crippen LogP contribution in [0.25, 0.3) is 0 Å². The summed E-state index contributed by atoms with van der Waals surface area (Å²) >= 11 is 0. The summed E-state index contributed by atoms with van der Waals surface area (Å²) in [6, 6.07) is 16.6. The van der Waals surface area contributed by atoms with Crippen molar-refractivity contribution in [3.63, 3.8) is 0 Å². The molecule has 0 aliphatic carbocycles. The average molecular weight is 392 g/mol. The van der Waals surface area contributed by atoms with Crippen molar-refractivity contribution in [2.45, 2.75) is 26.2 Å². The molecule has 4 rings (SSSR count). The van der Waals surface area contributed by atoms with Crippen molar-refractivity contribution in [2.75, 3.05) is 44.2 Å². The second-order valence-corrected chi connectivity index (χ2v) is 8.24. The molecule has 0 aromatic heterocycles. The fourth-order valence-corrected chi connectivity index (χ4v) is 4.39. The molecule has 2 saturated heterocycles. The molecule has 0 unspecified atom stereocenters. The number of likely N-dealkylation sites (tertiary alicyclic amines) is 1. The third kappa shape index (κ3) is 4.29. The van der Waals surface area contributed by atoms with E-state index < -0.39 is 0 Å². The zero-order valence-corrected chi connectivity index (χ0v) is 17.3. The molecule has 152 valence electrons. The van der Waals surface area contributed by atoms with Gasteiger partial charge in [-0.05, 0) is 36.6 Å². The van der Waals surface area contributed by atoms with Crippen LogP contribution in [0.4, 0.5) is 5.69 Å². The zero-order valence-electron chi connectivity index (χ0n) is 17.3. The van der Waals surface area contributed by atoms with Crippen molar-refractivity contribution in [2.24, 2.45) is 0 Å². The number of carbonyl (C=O) groups excluding carboxylic acids is 2. The van der Waals surface area contributed by atoms with E-state index >= 15 is 0 Å². The van der Waals surface area contributed by atoms with E-state index in [2.05, 4.69) is 49.1 Å². The van der Waals surface area contributed by atoms with Crippen LogP contribution in [-0.4, -0.2) is 60.9 Å². The molecule has 2 heterocycles. The predicted molar refractivity (Wildman–Crippen MR) is 115 cm³/mol. The average Bonchev–Trinajstić information content (AvgIpc) is 3.11. The van der Waals surface area contributed by atoms with Gasteiger partial charge >= 0.3 is 0 Å². The molecule has 1 atom stereocenters. The Morgan fingerprint density at radius 1 is 1.00 bits per heavy atom. The highest BCUT2D eigenvalue weighted by Gasteiger charge is 2.33. The van der Waals surface area contributed by atoms with Crippen LogP contribution in [0.2, 0.25) is 0 Å². The number of carbonyl (C=O) groups is 2. The van der Waals surface area contributed by atoms with Crippen LogP contribution in [0.3, 0.4) is 0 Å². The molecule has 2 aromatic rings. The summed E-state index contributed by atoms with van der Waals surface area (Å²) in [6.07, 6.45) is 0.498. The van der Waals surface area contributed by atoms with Gasteiger partial charge in [-0.1, -0.05) is 42.5 Å². The zero-order chi connectivity index (χ0) is 20.4. The third-order valence-electron chi connectivity index (χ3n) is 6.15. The standard InChI is InChI=1S/C24H29N3O2/c1-18-8-9-19(2)22(14-18)25-10-12-26(13-11-25)24(29)17-27-16-21(15-23(27)28)20-6-4-3-5-7-20/h3-9,14,21H,10-13,15-17H2,1-2H3/t21-/m0/s1. The molecule has 0 spiro atoms. The lowest BCUT2D eigenvalue weighted by molar-refractivity contribution is -0.138. The van der Waals surface area contributed by atoms with Gasteiger partial charge in [0.15, 0.2) is 0 Å². The number of piperazine rings is 1. The van der Waals surface area contributed by atoms with E-state index in [9.17, 15) is 9.59 Å². The van der Waals surface area contributed by atoms with Gasteiger partial charge in [-0.25, -0.2) is 0 Å². The van der Waals surface area contributed by atoms with Crippen molar-refractivity contribution in [1.82, 2.24) is 9.80 Å². The van der Waals surface area contributed by atoms with Gasteiger partial charge in [0.2, 0.25) is 11.8 Å². The van der Waals surface area contributed by atoms with Gasteiger partial charge < -0.3 is 14.7 Å². The molecule has 0 bridgehead atoms. The molecule has 2 fully saturated rings. The van der Waals surface area contributed by atoms with E-state index in [1.165, 1.54) is 22.4 Å². The maximum absolute atomic E-state index is 12.8. The summed E-state index contributed by atoms with van der Waals surface area (Å²) in [4.78, 5) is 31.3. The maximum Gasteiger partial charge on any atom is 0.242 e. The fourth-order valence-electron chi connectivity index (χ4n) is 4.39. The van der Waals surface area contributed by atoms with Crippen LogP contribution in [0, 0.1) is 13.8 Å². The summed E-state index contributed by atoms with van der Waals surface area (Å²) in [6.45, 7) is 8.15. The molecular weight excluding hydrogens is 362 g/mol. The molecule has 2 aliphatic rings. The number of aryl methyl sites for hydroxylation is 2. The van der Waals surface area contributed by atoms with E-state index in [-0.39, 0.29) is 24.3 Å². The van der Waals surface area contributed by atoms with E-state index in [1.54, 1.807) is 4.90 Å². The van der Waals surface area contributed by atoms with Crippen molar-refractivity contribution < 1.29 is 9.59 Å². The molecule has 29 heavy (non-hydrogen) atoms. The van der Waals surface area contributed by atoms with E-state index in [0.717, 1.165) is 13.1 Å². The first-order chi connectivity index (χ1) is 14.0. The van der Waals surface area contributed by atoms with Crippen molar-refractivity contribution in [3.8, 4) is 0 Å². The van der Waals surface area contributed by atoms with Crippen molar-refractivity contribution in [3.05, 3.63) is 65.2 Å². The van der Waals surface area contributed by atoms with E-state index in [1.807, 2.05) is 23.1 Å². The summed E-state index contributed by atoms with van der Waals surface area (Å²) in [5, 5.41) is 0. The van der Waals surface area contributed by atoms with Crippen LogP contribution in [0.15, 0.2) is 48.5 Å². The lowest BCUT2D eigenvalue weighted by atomic mass is 9.99. The summed E-state index contributed by atoms with van der Waals surface area (Å²) in [5.74, 6) is 0.339. The number of anilines is 1. The quantitative estimate of drug-likeness (QED) is 0.805. The Kier molecular flexibility index (Phi) is 5.56. The van der Waals surface area contributed by atoms with Crippen LogP contribution in [0.5, 0.6) is 0 Å². The summed E-state index contributed by atoms with van der Waals surface area (Å²) in [7, 11) is 0. The highest BCUT2D eigenvalue weighted by atomic mass is 16.2. The van der Waals surface area contributed by atoms with Crippen molar-refractivity contribution >= 4 is 17.5 Å². The molecule has 2 aromatic carbocycles. The number of hydrogen-bond acceptors (Lipinski definition) is 3. The first-order valence-electron chi connectivity index (χ1n) is 10.4. The first kappa shape index (κ1) is 19.5. The second-order valence-electron chi connectivity index (χ2n) is 8.24. The number of hydrogen-bond donors (Lipinski definition) is 0. The van der Waals surface area contributed by atoms with E-state index in [4.69, 9.17) is 0 Å². The van der Waals surface area contributed by atoms with Gasteiger partial charge in [-0.15, -0.1) is 0 Å². The first-order valence-corrected chi connectivity index (χ1v) is 10.4. The fraction of sp³-hybridized carbons (Fsp3) is 0.417. The molecule has 2 aliphatic heterocycles. The largest absolute Gasteiger partial charge is 0.368 e. The summed E-state index contributed by atoms with van der Waals surface area (Å²) < 4.78 is 0. The Morgan fingerprint density at radius 2 is 1.72 bits per heavy atom. The van der Waals surface area contributed by atoms with Crippen molar-refractivity contribution in [1.29, 1.82) is 0 Å². The molecule has 0 radical (unpaired) electrons. The van der Waals surface area contributed by atoms with Gasteiger partial charge in [-0.3, -0.25) is 9.59 Å². The molecular formula is C24H29N3O2. The minimum absolute atomic E-state index is 0.0627. The van der Waals surface area contributed by atoms with Gasteiger partial charge in [0.05, 0.1) is 6.54 Å². The molecule has 5 heteroatoms. The highest BCUT2D eigenvalue weighted by Crippen LogP contribution is 2.28. The number of nitrogens with zero attached hydrogens (tertiary/aromatic N) is 3. The highest BCUT2D eigenvalue weighted by molar-refractivity contribution is 5.86. The second kappa shape index (κ2) is 8.27. The monoisotopic (exact) mass is 391 g/mol. The minimum Gasteiger partial charge on any atom is -0.368 e. The van der Waals surface area contributed by atoms with Gasteiger partial charge in [0.1, 0.15) is 0 Å². The van der Waals surface area contributed by atoms with Gasteiger partial charge in [0.25, 0.3) is 0 Å². The van der Waals surface area contributed by atoms with Crippen LogP contribution in [0.1, 0.15) is 29.0 Å². The predicted octanol–water partition coefficient (Wildman–Crippen LogP) is 2.97. The number of rotatable bonds is 4. The maximum atomic E-state index is 12.8.